The second kappa shape index (κ2) is 37.5. The van der Waals surface area contributed by atoms with Gasteiger partial charge in [-0.2, -0.15) is 0 Å². The number of aliphatic hydroxyl groups is 3. The number of hydrogen-bond donors (Lipinski definition) is 3. The maximum atomic E-state index is 12.2. The van der Waals surface area contributed by atoms with Crippen molar-refractivity contribution in [3.05, 3.63) is 48.6 Å². The number of hydrogen-bond acceptors (Lipinski definition) is 7. The van der Waals surface area contributed by atoms with Crippen molar-refractivity contribution in [2.75, 3.05) is 13.2 Å². The highest BCUT2D eigenvalue weighted by molar-refractivity contribution is 5.70. The molecule has 0 unspecified atom stereocenters. The molecule has 0 heterocycles. The number of unbranched alkanes of at least 4 members (excludes halogenated alkanes) is 14. The summed E-state index contributed by atoms with van der Waals surface area (Å²) in [5.41, 5.74) is 0. The summed E-state index contributed by atoms with van der Waals surface area (Å²) < 4.78 is 10.5. The zero-order chi connectivity index (χ0) is 37.6. The molecule has 0 fully saturated rings. The highest BCUT2D eigenvalue weighted by Crippen LogP contribution is 2.16. The van der Waals surface area contributed by atoms with Crippen LogP contribution in [0, 0.1) is 5.92 Å². The Labute approximate surface area is 313 Å². The SMILES string of the molecule is CC/C=C\C/C=C\C/C=C\C/C=C\C[C@@H](O)[C@H](O)CCCC(=O)O[C@@H](CO)COC(=O)CCCCCCCCCCCCCCCCCC(C)C. The number of carbonyl (C=O) groups excluding carboxylic acids is 2. The van der Waals surface area contributed by atoms with Gasteiger partial charge in [0, 0.05) is 12.8 Å². The van der Waals surface area contributed by atoms with Gasteiger partial charge in [0.2, 0.25) is 0 Å². The molecule has 0 amide bonds. The first-order valence-corrected chi connectivity index (χ1v) is 20.7. The zero-order valence-corrected chi connectivity index (χ0v) is 33.0. The van der Waals surface area contributed by atoms with Crippen molar-refractivity contribution < 1.29 is 34.4 Å². The van der Waals surface area contributed by atoms with Crippen LogP contribution in [0.2, 0.25) is 0 Å². The second-order valence-corrected chi connectivity index (χ2v) is 14.5. The standard InChI is InChI=1S/C44H78O7/c1-4-5-6-7-8-9-10-17-20-23-26-29-33-41(46)42(47)34-31-36-44(49)51-40(37-45)38-50-43(48)35-30-27-24-21-18-15-13-11-12-14-16-19-22-25-28-32-39(2)3/h5-6,8-9,17,20,26,29,39-42,45-47H,4,7,10-16,18-19,21-25,27-28,30-38H2,1-3H3/b6-5-,9-8-,20-17-,29-26-/t40-,41+,42+/m0/s1. The molecule has 0 spiro atoms. The fraction of sp³-hybridized carbons (Fsp3) is 0.773. The molecule has 0 aliphatic rings. The Morgan fingerprint density at radius 3 is 1.49 bits per heavy atom. The van der Waals surface area contributed by atoms with E-state index in [1.54, 1.807) is 0 Å². The fourth-order valence-corrected chi connectivity index (χ4v) is 5.77. The summed E-state index contributed by atoms with van der Waals surface area (Å²) in [7, 11) is 0. The van der Waals surface area contributed by atoms with Crippen molar-refractivity contribution >= 4 is 11.9 Å². The summed E-state index contributed by atoms with van der Waals surface area (Å²) >= 11 is 0. The lowest BCUT2D eigenvalue weighted by Gasteiger charge is -2.17. The van der Waals surface area contributed by atoms with Crippen molar-refractivity contribution in [2.45, 2.75) is 200 Å². The highest BCUT2D eigenvalue weighted by Gasteiger charge is 2.18. The molecule has 7 nitrogen and oxygen atoms in total. The molecule has 0 rings (SSSR count). The number of ether oxygens (including phenoxy) is 2. The van der Waals surface area contributed by atoms with Crippen molar-refractivity contribution in [3.63, 3.8) is 0 Å². The molecule has 51 heavy (non-hydrogen) atoms. The predicted molar refractivity (Wildman–Crippen MR) is 212 cm³/mol. The molecule has 0 bridgehead atoms. The number of allylic oxidation sites excluding steroid dienone is 7. The van der Waals surface area contributed by atoms with Crippen LogP contribution in [0.4, 0.5) is 0 Å². The van der Waals surface area contributed by atoms with E-state index >= 15 is 0 Å². The summed E-state index contributed by atoms with van der Waals surface area (Å²) in [4.78, 5) is 24.3. The van der Waals surface area contributed by atoms with Crippen LogP contribution in [-0.4, -0.2) is 58.8 Å². The molecule has 7 heteroatoms. The van der Waals surface area contributed by atoms with Gasteiger partial charge >= 0.3 is 11.9 Å². The van der Waals surface area contributed by atoms with Gasteiger partial charge in [0.05, 0.1) is 18.8 Å². The van der Waals surface area contributed by atoms with Crippen LogP contribution in [0.1, 0.15) is 181 Å². The highest BCUT2D eigenvalue weighted by atomic mass is 16.6. The number of aliphatic hydroxyl groups excluding tert-OH is 3. The summed E-state index contributed by atoms with van der Waals surface area (Å²) in [5.74, 6) is -0.0341. The lowest BCUT2D eigenvalue weighted by molar-refractivity contribution is -0.161. The molecule has 0 radical (unpaired) electrons. The van der Waals surface area contributed by atoms with Gasteiger partial charge in [-0.3, -0.25) is 9.59 Å². The minimum Gasteiger partial charge on any atom is -0.462 e. The molecular weight excluding hydrogens is 640 g/mol. The first-order valence-electron chi connectivity index (χ1n) is 20.7. The monoisotopic (exact) mass is 719 g/mol. The molecule has 0 aliphatic heterocycles. The van der Waals surface area contributed by atoms with Gasteiger partial charge in [-0.1, -0.05) is 166 Å². The molecule has 3 atom stereocenters. The largest absolute Gasteiger partial charge is 0.462 e. The summed E-state index contributed by atoms with van der Waals surface area (Å²) in [6.07, 6.45) is 39.2. The van der Waals surface area contributed by atoms with Gasteiger partial charge in [-0.15, -0.1) is 0 Å². The third-order valence-corrected chi connectivity index (χ3v) is 9.02. The van der Waals surface area contributed by atoms with E-state index < -0.39 is 30.9 Å². The normalized spacial score (nSPS) is 14.0. The molecule has 0 aromatic carbocycles. The van der Waals surface area contributed by atoms with Crippen molar-refractivity contribution in [3.8, 4) is 0 Å². The number of esters is 2. The van der Waals surface area contributed by atoms with Crippen LogP contribution in [0.15, 0.2) is 48.6 Å². The number of rotatable bonds is 36. The maximum absolute atomic E-state index is 12.2. The number of carbonyl (C=O) groups is 2. The van der Waals surface area contributed by atoms with E-state index in [4.69, 9.17) is 9.47 Å². The zero-order valence-electron chi connectivity index (χ0n) is 33.0. The molecule has 296 valence electrons. The van der Waals surface area contributed by atoms with E-state index in [1.165, 1.54) is 83.5 Å². The van der Waals surface area contributed by atoms with Gasteiger partial charge in [0.15, 0.2) is 6.10 Å². The van der Waals surface area contributed by atoms with E-state index in [1.807, 2.05) is 12.2 Å². The molecule has 0 aromatic heterocycles. The van der Waals surface area contributed by atoms with Crippen LogP contribution >= 0.6 is 0 Å². The average Bonchev–Trinajstić information content (AvgIpc) is 3.11. The Balaban J connectivity index is 3.77. The smallest absolute Gasteiger partial charge is 0.306 e. The first-order chi connectivity index (χ1) is 24.8. The topological polar surface area (TPSA) is 113 Å². The lowest BCUT2D eigenvalue weighted by atomic mass is 10.0. The van der Waals surface area contributed by atoms with Gasteiger partial charge in [0.1, 0.15) is 6.61 Å². The second-order valence-electron chi connectivity index (χ2n) is 14.5. The molecule has 0 aliphatic carbocycles. The Kier molecular flexibility index (Phi) is 35.9. The van der Waals surface area contributed by atoms with E-state index in [9.17, 15) is 24.9 Å². The van der Waals surface area contributed by atoms with Gasteiger partial charge in [-0.25, -0.2) is 0 Å². The van der Waals surface area contributed by atoms with Crippen LogP contribution < -0.4 is 0 Å². The summed E-state index contributed by atoms with van der Waals surface area (Å²) in [6, 6.07) is 0. The molecule has 3 N–H and O–H groups in total. The summed E-state index contributed by atoms with van der Waals surface area (Å²) in [6.45, 7) is 6.13. The van der Waals surface area contributed by atoms with Crippen LogP contribution in [0.25, 0.3) is 0 Å². The van der Waals surface area contributed by atoms with E-state index in [2.05, 4.69) is 57.2 Å². The minimum absolute atomic E-state index is 0.0387. The molecule has 0 aromatic rings. The first kappa shape index (κ1) is 48.8. The van der Waals surface area contributed by atoms with E-state index in [0.29, 0.717) is 19.3 Å². The summed E-state index contributed by atoms with van der Waals surface area (Å²) in [5, 5.41) is 30.0. The minimum atomic E-state index is -0.946. The molecular formula is C44H78O7. The van der Waals surface area contributed by atoms with Crippen molar-refractivity contribution in [1.29, 1.82) is 0 Å². The van der Waals surface area contributed by atoms with Crippen LogP contribution in [0.3, 0.4) is 0 Å². The Hall–Kier alpha value is -2.22. The van der Waals surface area contributed by atoms with Crippen molar-refractivity contribution in [1.82, 2.24) is 0 Å². The molecule has 0 saturated heterocycles. The molecule has 0 saturated carbocycles. The van der Waals surface area contributed by atoms with E-state index in [-0.39, 0.29) is 25.4 Å². The third kappa shape index (κ3) is 35.9. The Bertz CT molecular complexity index is 907. The van der Waals surface area contributed by atoms with Crippen LogP contribution in [0.5, 0.6) is 0 Å². The Morgan fingerprint density at radius 2 is 1.00 bits per heavy atom. The maximum Gasteiger partial charge on any atom is 0.306 e. The third-order valence-electron chi connectivity index (χ3n) is 9.02. The van der Waals surface area contributed by atoms with E-state index in [0.717, 1.165) is 50.9 Å². The van der Waals surface area contributed by atoms with Crippen molar-refractivity contribution in [2.24, 2.45) is 5.92 Å². The fourth-order valence-electron chi connectivity index (χ4n) is 5.77. The lowest BCUT2D eigenvalue weighted by Crippen LogP contribution is -2.29. The predicted octanol–water partition coefficient (Wildman–Crippen LogP) is 10.8. The quantitative estimate of drug-likeness (QED) is 0.0336. The van der Waals surface area contributed by atoms with Gasteiger partial charge < -0.3 is 24.8 Å². The van der Waals surface area contributed by atoms with Gasteiger partial charge in [-0.05, 0) is 57.3 Å². The average molecular weight is 719 g/mol. The van der Waals surface area contributed by atoms with Gasteiger partial charge in [0.25, 0.3) is 0 Å². The Morgan fingerprint density at radius 1 is 0.549 bits per heavy atom. The van der Waals surface area contributed by atoms with Crippen LogP contribution in [-0.2, 0) is 19.1 Å².